The van der Waals surface area contributed by atoms with E-state index in [0.29, 0.717) is 11.3 Å². The van der Waals surface area contributed by atoms with Crippen LogP contribution in [0.15, 0.2) is 47.4 Å². The predicted octanol–water partition coefficient (Wildman–Crippen LogP) is 2.77. The molecule has 2 aromatic carbocycles. The van der Waals surface area contributed by atoms with Crippen molar-refractivity contribution in [1.29, 1.82) is 0 Å². The molecule has 0 saturated heterocycles. The van der Waals surface area contributed by atoms with Gasteiger partial charge < -0.3 is 15.3 Å². The first-order chi connectivity index (χ1) is 12.9. The molecule has 138 valence electrons. The van der Waals surface area contributed by atoms with E-state index in [1.54, 1.807) is 18.2 Å². The number of carboxylic acid groups (broad SMARTS) is 1. The fraction of sp³-hybridized carbons (Fsp3) is 0.250. The molecule has 27 heavy (non-hydrogen) atoms. The van der Waals surface area contributed by atoms with Gasteiger partial charge in [0.15, 0.2) is 0 Å². The van der Waals surface area contributed by atoms with Gasteiger partial charge >= 0.3 is 5.97 Å². The standard InChI is InChI=1S/C20H18N2O4S/c1-11-18(23)21-15-8-13(6-7-17(15)27-11)19(24)22-10-14-5-3-2-4-12(14)9-16(22)20(25)26/h2-8,11,16H,9-10H2,1H3,(H,21,23)(H,25,26). The van der Waals surface area contributed by atoms with Gasteiger partial charge in [0.05, 0.1) is 10.9 Å². The Hall–Kier alpha value is -2.80. The van der Waals surface area contributed by atoms with E-state index in [1.165, 1.54) is 16.7 Å². The van der Waals surface area contributed by atoms with Gasteiger partial charge in [-0.05, 0) is 36.2 Å². The van der Waals surface area contributed by atoms with Gasteiger partial charge in [-0.3, -0.25) is 9.59 Å². The maximum atomic E-state index is 13.1. The number of nitrogens with zero attached hydrogens (tertiary/aromatic N) is 1. The van der Waals surface area contributed by atoms with Crippen LogP contribution in [0.4, 0.5) is 5.69 Å². The lowest BCUT2D eigenvalue weighted by Gasteiger charge is -2.34. The Morgan fingerprint density at radius 1 is 1.19 bits per heavy atom. The molecule has 6 nitrogen and oxygen atoms in total. The van der Waals surface area contributed by atoms with Crippen molar-refractivity contribution in [2.45, 2.75) is 36.1 Å². The summed E-state index contributed by atoms with van der Waals surface area (Å²) in [6.07, 6.45) is 0.284. The molecule has 0 radical (unpaired) electrons. The topological polar surface area (TPSA) is 86.7 Å². The minimum atomic E-state index is -1.02. The minimum absolute atomic E-state index is 0.104. The number of fused-ring (bicyclic) bond motifs is 2. The number of amides is 2. The van der Waals surface area contributed by atoms with E-state index in [0.717, 1.165) is 16.0 Å². The van der Waals surface area contributed by atoms with Gasteiger partial charge in [-0.25, -0.2) is 4.79 Å². The number of carboxylic acids is 1. The highest BCUT2D eigenvalue weighted by molar-refractivity contribution is 8.00. The van der Waals surface area contributed by atoms with Crippen LogP contribution in [0, 0.1) is 0 Å². The van der Waals surface area contributed by atoms with Crippen molar-refractivity contribution in [3.63, 3.8) is 0 Å². The highest BCUT2D eigenvalue weighted by atomic mass is 32.2. The van der Waals surface area contributed by atoms with E-state index in [1.807, 2.05) is 31.2 Å². The quantitative estimate of drug-likeness (QED) is 0.834. The van der Waals surface area contributed by atoms with Crippen LogP contribution in [0.25, 0.3) is 0 Å². The normalized spacial score (nSPS) is 21.1. The fourth-order valence-electron chi connectivity index (χ4n) is 3.46. The molecule has 0 aromatic heterocycles. The van der Waals surface area contributed by atoms with Gasteiger partial charge in [-0.1, -0.05) is 24.3 Å². The van der Waals surface area contributed by atoms with E-state index in [2.05, 4.69) is 5.32 Å². The second kappa shape index (κ2) is 6.74. The molecule has 2 atom stereocenters. The van der Waals surface area contributed by atoms with Crippen molar-refractivity contribution in [3.8, 4) is 0 Å². The average Bonchev–Trinajstić information content (AvgIpc) is 2.67. The van der Waals surface area contributed by atoms with Crippen molar-refractivity contribution in [3.05, 3.63) is 59.2 Å². The van der Waals surface area contributed by atoms with Crippen molar-refractivity contribution >= 4 is 35.2 Å². The van der Waals surface area contributed by atoms with E-state index in [4.69, 9.17) is 0 Å². The van der Waals surface area contributed by atoms with E-state index in [9.17, 15) is 19.5 Å². The summed E-state index contributed by atoms with van der Waals surface area (Å²) < 4.78 is 0. The number of benzene rings is 2. The number of rotatable bonds is 2. The van der Waals surface area contributed by atoms with E-state index < -0.39 is 12.0 Å². The Kier molecular flexibility index (Phi) is 4.39. The molecule has 4 rings (SSSR count). The largest absolute Gasteiger partial charge is 0.480 e. The van der Waals surface area contributed by atoms with E-state index >= 15 is 0 Å². The van der Waals surface area contributed by atoms with Gasteiger partial charge in [0.2, 0.25) is 5.91 Å². The van der Waals surface area contributed by atoms with Gasteiger partial charge in [0, 0.05) is 23.4 Å². The van der Waals surface area contributed by atoms with Crippen LogP contribution in [-0.2, 0) is 22.6 Å². The molecule has 0 aliphatic carbocycles. The van der Waals surface area contributed by atoms with Crippen molar-refractivity contribution in [2.24, 2.45) is 0 Å². The Morgan fingerprint density at radius 2 is 1.93 bits per heavy atom. The molecule has 0 bridgehead atoms. The molecule has 2 amide bonds. The molecular weight excluding hydrogens is 364 g/mol. The summed E-state index contributed by atoms with van der Waals surface area (Å²) in [7, 11) is 0. The van der Waals surface area contributed by atoms with Crippen LogP contribution < -0.4 is 5.32 Å². The fourth-order valence-corrected chi connectivity index (χ4v) is 4.40. The van der Waals surface area contributed by atoms with Crippen LogP contribution in [0.5, 0.6) is 0 Å². The number of nitrogens with one attached hydrogen (secondary N) is 1. The molecule has 0 saturated carbocycles. The Labute approximate surface area is 160 Å². The second-order valence-corrected chi connectivity index (χ2v) is 8.10. The number of aliphatic carboxylic acids is 1. The lowest BCUT2D eigenvalue weighted by molar-refractivity contribution is -0.142. The maximum absolute atomic E-state index is 13.1. The van der Waals surface area contributed by atoms with Crippen molar-refractivity contribution in [2.75, 3.05) is 5.32 Å². The van der Waals surface area contributed by atoms with Gasteiger partial charge in [-0.2, -0.15) is 0 Å². The lowest BCUT2D eigenvalue weighted by atomic mass is 9.93. The van der Waals surface area contributed by atoms with Crippen LogP contribution in [0.2, 0.25) is 0 Å². The first-order valence-corrected chi connectivity index (χ1v) is 9.54. The van der Waals surface area contributed by atoms with Gasteiger partial charge in [0.1, 0.15) is 6.04 Å². The molecule has 0 spiro atoms. The van der Waals surface area contributed by atoms with Crippen molar-refractivity contribution < 1.29 is 19.5 Å². The molecule has 2 N–H and O–H groups in total. The molecule has 7 heteroatoms. The summed E-state index contributed by atoms with van der Waals surface area (Å²) in [6, 6.07) is 11.8. The summed E-state index contributed by atoms with van der Waals surface area (Å²) in [6.45, 7) is 2.08. The zero-order chi connectivity index (χ0) is 19.1. The summed E-state index contributed by atoms with van der Waals surface area (Å²) >= 11 is 1.44. The lowest BCUT2D eigenvalue weighted by Crippen LogP contribution is -2.48. The second-order valence-electron chi connectivity index (χ2n) is 6.72. The highest BCUT2D eigenvalue weighted by Gasteiger charge is 2.35. The number of carbonyl (C=O) groups excluding carboxylic acids is 2. The zero-order valence-electron chi connectivity index (χ0n) is 14.6. The van der Waals surface area contributed by atoms with Crippen LogP contribution in [0.1, 0.15) is 28.4 Å². The monoisotopic (exact) mass is 382 g/mol. The maximum Gasteiger partial charge on any atom is 0.326 e. The summed E-state index contributed by atoms with van der Waals surface area (Å²) in [5.41, 5.74) is 2.88. The summed E-state index contributed by atoms with van der Waals surface area (Å²) in [5, 5.41) is 12.3. The summed E-state index contributed by atoms with van der Waals surface area (Å²) in [5.74, 6) is -1.47. The van der Waals surface area contributed by atoms with E-state index in [-0.39, 0.29) is 30.0 Å². The minimum Gasteiger partial charge on any atom is -0.480 e. The van der Waals surface area contributed by atoms with Crippen LogP contribution in [0.3, 0.4) is 0 Å². The first-order valence-electron chi connectivity index (χ1n) is 8.66. The average molecular weight is 382 g/mol. The highest BCUT2D eigenvalue weighted by Crippen LogP contribution is 2.36. The van der Waals surface area contributed by atoms with Crippen molar-refractivity contribution in [1.82, 2.24) is 4.90 Å². The Balaban J connectivity index is 1.66. The third kappa shape index (κ3) is 3.19. The number of anilines is 1. The van der Waals surface area contributed by atoms with Crippen LogP contribution in [-0.4, -0.2) is 39.1 Å². The number of hydrogen-bond acceptors (Lipinski definition) is 4. The molecule has 2 heterocycles. The third-order valence-corrected chi connectivity index (χ3v) is 6.13. The Morgan fingerprint density at radius 3 is 2.67 bits per heavy atom. The molecule has 2 aliphatic heterocycles. The molecule has 2 aromatic rings. The number of hydrogen-bond donors (Lipinski definition) is 2. The predicted molar refractivity (Wildman–Crippen MR) is 102 cm³/mol. The Bertz CT molecular complexity index is 959. The zero-order valence-corrected chi connectivity index (χ0v) is 15.5. The molecular formula is C20H18N2O4S. The molecule has 2 unspecified atom stereocenters. The smallest absolute Gasteiger partial charge is 0.326 e. The summed E-state index contributed by atoms with van der Waals surface area (Å²) in [4.78, 5) is 39.1. The SMILES string of the molecule is CC1Sc2ccc(C(=O)N3Cc4ccccc4CC3C(=O)O)cc2NC1=O. The van der Waals surface area contributed by atoms with Crippen LogP contribution >= 0.6 is 11.8 Å². The van der Waals surface area contributed by atoms with Gasteiger partial charge in [0.25, 0.3) is 5.91 Å². The number of carbonyl (C=O) groups is 3. The van der Waals surface area contributed by atoms with Gasteiger partial charge in [-0.15, -0.1) is 11.8 Å². The molecule has 0 fully saturated rings. The molecule has 2 aliphatic rings. The third-order valence-electron chi connectivity index (χ3n) is 4.95. The number of thioether (sulfide) groups is 1. The first kappa shape index (κ1) is 17.6.